The van der Waals surface area contributed by atoms with Crippen LogP contribution in [0.3, 0.4) is 0 Å². The van der Waals surface area contributed by atoms with Crippen LogP contribution in [0.2, 0.25) is 0 Å². The van der Waals surface area contributed by atoms with E-state index < -0.39 is 0 Å². The molecule has 0 atom stereocenters. The third-order valence-corrected chi connectivity index (χ3v) is 3.09. The van der Waals surface area contributed by atoms with Gasteiger partial charge in [0.25, 0.3) is 0 Å². The molecule has 0 saturated carbocycles. The van der Waals surface area contributed by atoms with Gasteiger partial charge in [-0.1, -0.05) is 68.3 Å². The first-order chi connectivity index (χ1) is 12.2. The second kappa shape index (κ2) is 11.4. The molecule has 1 aromatic rings. The van der Waals surface area contributed by atoms with Gasteiger partial charge in [0.1, 0.15) is 12.4 Å². The minimum atomic E-state index is 0.399. The Morgan fingerprint density at radius 1 is 1.00 bits per heavy atom. The first-order valence-corrected chi connectivity index (χ1v) is 7.91. The molecule has 3 heteroatoms. The van der Waals surface area contributed by atoms with Crippen molar-refractivity contribution in [3.8, 4) is 0 Å². The lowest BCUT2D eigenvalue weighted by atomic mass is 10.2. The second-order valence-electron chi connectivity index (χ2n) is 4.93. The van der Waals surface area contributed by atoms with Crippen molar-refractivity contribution in [2.45, 2.75) is 13.5 Å². The SMILES string of the molecule is C=C/C=C\C(OC(/C=C\C)=C(\N)C=C)=C(/C=C)OCc1ccccc1. The Labute approximate surface area is 150 Å². The number of benzene rings is 1. The first-order valence-electron chi connectivity index (χ1n) is 7.91. The quantitative estimate of drug-likeness (QED) is 0.466. The van der Waals surface area contributed by atoms with Gasteiger partial charge in [0, 0.05) is 0 Å². The number of rotatable bonds is 10. The first kappa shape index (κ1) is 19.8. The van der Waals surface area contributed by atoms with Crippen LogP contribution in [0.4, 0.5) is 0 Å². The highest BCUT2D eigenvalue weighted by Gasteiger charge is 2.09. The summed E-state index contributed by atoms with van der Waals surface area (Å²) in [6, 6.07) is 9.86. The molecule has 0 aromatic heterocycles. The van der Waals surface area contributed by atoms with Gasteiger partial charge in [-0.05, 0) is 36.8 Å². The zero-order valence-electron chi connectivity index (χ0n) is 14.7. The van der Waals surface area contributed by atoms with E-state index in [0.29, 0.717) is 29.6 Å². The number of nitrogens with two attached hydrogens (primary N) is 1. The van der Waals surface area contributed by atoms with Crippen molar-refractivity contribution in [1.82, 2.24) is 0 Å². The third kappa shape index (κ3) is 6.83. The zero-order chi connectivity index (χ0) is 18.5. The van der Waals surface area contributed by atoms with Gasteiger partial charge in [0.05, 0.1) is 5.70 Å². The van der Waals surface area contributed by atoms with Crippen molar-refractivity contribution < 1.29 is 9.47 Å². The predicted molar refractivity (Wildman–Crippen MR) is 105 cm³/mol. The number of hydrogen-bond donors (Lipinski definition) is 1. The predicted octanol–water partition coefficient (Wildman–Crippen LogP) is 5.29. The summed E-state index contributed by atoms with van der Waals surface area (Å²) in [6.45, 7) is 13.4. The molecular formula is C22H25NO2. The molecule has 0 saturated heterocycles. The van der Waals surface area contributed by atoms with Gasteiger partial charge in [-0.25, -0.2) is 0 Å². The highest BCUT2D eigenvalue weighted by Crippen LogP contribution is 2.19. The Kier molecular flexibility index (Phi) is 9.01. The summed E-state index contributed by atoms with van der Waals surface area (Å²) in [5.74, 6) is 1.45. The van der Waals surface area contributed by atoms with E-state index in [2.05, 4.69) is 19.7 Å². The molecule has 0 aliphatic heterocycles. The molecule has 0 fully saturated rings. The molecule has 0 amide bonds. The molecule has 0 aliphatic carbocycles. The van der Waals surface area contributed by atoms with Crippen molar-refractivity contribution in [2.24, 2.45) is 5.73 Å². The molecule has 0 aliphatic rings. The van der Waals surface area contributed by atoms with Crippen molar-refractivity contribution in [2.75, 3.05) is 0 Å². The molecule has 0 heterocycles. The molecule has 130 valence electrons. The summed E-state index contributed by atoms with van der Waals surface area (Å²) < 4.78 is 11.8. The van der Waals surface area contributed by atoms with Crippen LogP contribution in [0, 0.1) is 0 Å². The largest absolute Gasteiger partial charge is 0.485 e. The van der Waals surface area contributed by atoms with E-state index in [1.165, 1.54) is 6.08 Å². The van der Waals surface area contributed by atoms with Crippen LogP contribution >= 0.6 is 0 Å². The normalized spacial score (nSPS) is 13.2. The monoisotopic (exact) mass is 335 g/mol. The summed E-state index contributed by atoms with van der Waals surface area (Å²) in [4.78, 5) is 0. The minimum absolute atomic E-state index is 0.399. The number of ether oxygens (including phenoxy) is 2. The number of hydrogen-bond acceptors (Lipinski definition) is 3. The molecule has 1 aromatic carbocycles. The summed E-state index contributed by atoms with van der Waals surface area (Å²) in [5.41, 5.74) is 7.41. The van der Waals surface area contributed by atoms with Crippen LogP contribution in [0.25, 0.3) is 0 Å². The van der Waals surface area contributed by atoms with Crippen LogP contribution in [-0.4, -0.2) is 0 Å². The molecule has 3 nitrogen and oxygen atoms in total. The fraction of sp³-hybridized carbons (Fsp3) is 0.0909. The maximum atomic E-state index is 5.94. The average molecular weight is 335 g/mol. The molecule has 0 spiro atoms. The number of allylic oxidation sites excluding steroid dienone is 7. The summed E-state index contributed by atoms with van der Waals surface area (Å²) in [6.07, 6.45) is 11.9. The van der Waals surface area contributed by atoms with Crippen LogP contribution in [0.15, 0.2) is 116 Å². The highest BCUT2D eigenvalue weighted by molar-refractivity contribution is 5.32. The van der Waals surface area contributed by atoms with E-state index in [-0.39, 0.29) is 0 Å². The topological polar surface area (TPSA) is 44.5 Å². The average Bonchev–Trinajstić information content (AvgIpc) is 2.65. The van der Waals surface area contributed by atoms with E-state index in [0.717, 1.165) is 5.56 Å². The Morgan fingerprint density at radius 3 is 2.28 bits per heavy atom. The zero-order valence-corrected chi connectivity index (χ0v) is 14.7. The van der Waals surface area contributed by atoms with Crippen molar-refractivity contribution >= 4 is 0 Å². The smallest absolute Gasteiger partial charge is 0.169 e. The Morgan fingerprint density at radius 2 is 1.72 bits per heavy atom. The highest BCUT2D eigenvalue weighted by atomic mass is 16.5. The van der Waals surface area contributed by atoms with Crippen molar-refractivity contribution in [3.05, 3.63) is 121 Å². The van der Waals surface area contributed by atoms with Crippen LogP contribution < -0.4 is 5.73 Å². The lowest BCUT2D eigenvalue weighted by Crippen LogP contribution is -2.04. The van der Waals surface area contributed by atoms with E-state index in [9.17, 15) is 0 Å². The fourth-order valence-corrected chi connectivity index (χ4v) is 1.85. The molecule has 2 N–H and O–H groups in total. The summed E-state index contributed by atoms with van der Waals surface area (Å²) in [7, 11) is 0. The molecule has 0 radical (unpaired) electrons. The van der Waals surface area contributed by atoms with Gasteiger partial charge in [0.15, 0.2) is 11.5 Å². The Hall–Kier alpha value is -3.20. The van der Waals surface area contributed by atoms with Crippen molar-refractivity contribution in [1.29, 1.82) is 0 Å². The van der Waals surface area contributed by atoms with E-state index in [1.807, 2.05) is 43.3 Å². The van der Waals surface area contributed by atoms with Crippen LogP contribution in [0.5, 0.6) is 0 Å². The molecule has 0 unspecified atom stereocenters. The Bertz CT molecular complexity index is 707. The minimum Gasteiger partial charge on any atom is -0.485 e. The molecular weight excluding hydrogens is 310 g/mol. The lowest BCUT2D eigenvalue weighted by molar-refractivity contribution is 0.187. The van der Waals surface area contributed by atoms with Gasteiger partial charge in [-0.2, -0.15) is 0 Å². The third-order valence-electron chi connectivity index (χ3n) is 3.09. The van der Waals surface area contributed by atoms with Crippen LogP contribution in [0.1, 0.15) is 12.5 Å². The molecule has 0 bridgehead atoms. The van der Waals surface area contributed by atoms with Crippen molar-refractivity contribution in [3.63, 3.8) is 0 Å². The molecule has 25 heavy (non-hydrogen) atoms. The van der Waals surface area contributed by atoms with Gasteiger partial charge in [0.2, 0.25) is 0 Å². The van der Waals surface area contributed by atoms with Gasteiger partial charge < -0.3 is 15.2 Å². The van der Waals surface area contributed by atoms with E-state index in [1.54, 1.807) is 30.4 Å². The molecule has 1 rings (SSSR count). The maximum absolute atomic E-state index is 5.94. The summed E-state index contributed by atoms with van der Waals surface area (Å²) in [5, 5.41) is 0. The second-order valence-corrected chi connectivity index (χ2v) is 4.93. The van der Waals surface area contributed by atoms with Gasteiger partial charge in [-0.3, -0.25) is 0 Å². The van der Waals surface area contributed by atoms with Gasteiger partial charge in [-0.15, -0.1) is 0 Å². The lowest BCUT2D eigenvalue weighted by Gasteiger charge is -2.14. The van der Waals surface area contributed by atoms with E-state index >= 15 is 0 Å². The Balaban J connectivity index is 3.16. The van der Waals surface area contributed by atoms with Gasteiger partial charge >= 0.3 is 0 Å². The fourth-order valence-electron chi connectivity index (χ4n) is 1.85. The standard InChI is InChI=1S/C22H25NO2/c1-5-9-16-22(25-21(13-6-2)19(23)7-3)20(8-4)24-17-18-14-11-10-12-15-18/h5-16H,1,3-4,17,23H2,2H3/b13-6-,16-9-,21-19-,22-20-. The summed E-state index contributed by atoms with van der Waals surface area (Å²) >= 11 is 0. The van der Waals surface area contributed by atoms with E-state index in [4.69, 9.17) is 15.2 Å². The maximum Gasteiger partial charge on any atom is 0.169 e. The van der Waals surface area contributed by atoms with Crippen LogP contribution in [-0.2, 0) is 16.1 Å².